The van der Waals surface area contributed by atoms with Crippen LogP contribution in [0.2, 0.25) is 0 Å². The predicted octanol–water partition coefficient (Wildman–Crippen LogP) is 1.68. The fourth-order valence-corrected chi connectivity index (χ4v) is 3.23. The maximum atomic E-state index is 2.46. The molecule has 1 aliphatic heterocycles. The topological polar surface area (TPSA) is 6.25 Å². The monoisotopic (exact) mass is 279 g/mol. The number of nitrogens with zero attached hydrogens (tertiary/aromatic N) is 2. The van der Waals surface area contributed by atoms with Crippen molar-refractivity contribution in [3.63, 3.8) is 0 Å². The first-order chi connectivity index (χ1) is 5.72. The van der Waals surface area contributed by atoms with E-state index in [2.05, 4.69) is 46.2 Å². The molecule has 0 unspecified atom stereocenters. The number of rotatable bonds is 0. The van der Waals surface area contributed by atoms with Crippen LogP contribution in [-0.4, -0.2) is 39.5 Å². The van der Waals surface area contributed by atoms with Gasteiger partial charge >= 0.3 is 3.84 Å². The minimum atomic E-state index is 0.802. The summed E-state index contributed by atoms with van der Waals surface area (Å²) in [7, 11) is 4.46. The average Bonchev–Trinajstić information content (AvgIpc) is 2.33. The largest absolute Gasteiger partial charge is 0.308 e. The van der Waals surface area contributed by atoms with Gasteiger partial charge in [0.05, 0.1) is 36.7 Å². The number of halogens is 1. The summed E-state index contributed by atoms with van der Waals surface area (Å²) in [6.07, 6.45) is 5.61. The Morgan fingerprint density at radius 1 is 1.42 bits per heavy atom. The zero-order valence-corrected chi connectivity index (χ0v) is 9.91. The van der Waals surface area contributed by atoms with Crippen LogP contribution in [0.15, 0.2) is 0 Å². The summed E-state index contributed by atoms with van der Waals surface area (Å²) in [5, 5.41) is 0. The van der Waals surface area contributed by atoms with Crippen LogP contribution in [0.1, 0.15) is 25.7 Å². The van der Waals surface area contributed by atoms with Crippen molar-refractivity contribution in [3.8, 4) is 0 Å². The van der Waals surface area contributed by atoms with E-state index < -0.39 is 0 Å². The van der Waals surface area contributed by atoms with Crippen LogP contribution in [0, 0.1) is 0 Å². The molecule has 0 aromatic rings. The molecule has 0 N–H and O–H groups in total. The third-order valence-corrected chi connectivity index (χ3v) is 4.79. The molecule has 0 aromatic carbocycles. The highest BCUT2D eigenvalue weighted by Crippen LogP contribution is 2.30. The van der Waals surface area contributed by atoms with Crippen molar-refractivity contribution in [1.29, 1.82) is 0 Å². The van der Waals surface area contributed by atoms with Gasteiger partial charge in [0, 0.05) is 0 Å². The predicted molar refractivity (Wildman–Crippen MR) is 59.0 cm³/mol. The summed E-state index contributed by atoms with van der Waals surface area (Å²) >= 11 is 2.46. The molecule has 1 saturated carbocycles. The summed E-state index contributed by atoms with van der Waals surface area (Å²) < 4.78 is 3.87. The lowest BCUT2D eigenvalue weighted by atomic mass is 9.90. The van der Waals surface area contributed by atoms with E-state index in [4.69, 9.17) is 0 Å². The molecule has 0 saturated heterocycles. The molecule has 0 amide bonds. The van der Waals surface area contributed by atoms with Gasteiger partial charge in [-0.15, -0.1) is 0 Å². The fourth-order valence-electron chi connectivity index (χ4n) is 2.52. The lowest BCUT2D eigenvalue weighted by molar-refractivity contribution is -0.531. The van der Waals surface area contributed by atoms with Gasteiger partial charge in [-0.3, -0.25) is 9.48 Å². The molecule has 2 rings (SSSR count). The van der Waals surface area contributed by atoms with E-state index in [-0.39, 0.29) is 0 Å². The molecule has 2 nitrogen and oxygen atoms in total. The minimum absolute atomic E-state index is 0.802. The Morgan fingerprint density at radius 3 is 2.75 bits per heavy atom. The van der Waals surface area contributed by atoms with E-state index in [1.165, 1.54) is 29.5 Å². The molecular formula is C9H16IN2+. The highest BCUT2D eigenvalue weighted by atomic mass is 127. The van der Waals surface area contributed by atoms with Crippen LogP contribution < -0.4 is 0 Å². The van der Waals surface area contributed by atoms with Crippen LogP contribution in [0.4, 0.5) is 0 Å². The Kier molecular flexibility index (Phi) is 2.31. The van der Waals surface area contributed by atoms with E-state index in [1.807, 2.05) is 0 Å². The average molecular weight is 279 g/mol. The number of likely N-dealkylation sites (N-methyl/N-ethyl adjacent to an activating group) is 2. The zero-order chi connectivity index (χ0) is 8.72. The van der Waals surface area contributed by atoms with Gasteiger partial charge < -0.3 is 0 Å². The Labute approximate surface area is 87.8 Å². The summed E-state index contributed by atoms with van der Waals surface area (Å²) in [4.78, 5) is 2.45. The second-order valence-electron chi connectivity index (χ2n) is 3.91. The molecular weight excluding hydrogens is 263 g/mol. The van der Waals surface area contributed by atoms with Crippen LogP contribution in [0.25, 0.3) is 0 Å². The van der Waals surface area contributed by atoms with Crippen LogP contribution in [0.5, 0.6) is 0 Å². The van der Waals surface area contributed by atoms with Crippen LogP contribution in [0.3, 0.4) is 0 Å². The van der Waals surface area contributed by atoms with Crippen molar-refractivity contribution < 1.29 is 4.58 Å². The van der Waals surface area contributed by atoms with E-state index >= 15 is 0 Å². The van der Waals surface area contributed by atoms with Crippen molar-refractivity contribution in [2.24, 2.45) is 0 Å². The van der Waals surface area contributed by atoms with Crippen molar-refractivity contribution in [2.75, 3.05) is 14.1 Å². The Hall–Kier alpha value is 0.200. The molecule has 1 aliphatic carbocycles. The standard InChI is InChI=1S/C9H16IN2/c1-11-7-5-3-4-6-8(7)12(2)9(11)10/h7-8H,3-6H2,1-2H3/q+1/t7-,8+. The molecule has 0 radical (unpaired) electrons. The van der Waals surface area contributed by atoms with Crippen molar-refractivity contribution in [3.05, 3.63) is 0 Å². The van der Waals surface area contributed by atoms with E-state index in [1.54, 1.807) is 0 Å². The van der Waals surface area contributed by atoms with Crippen LogP contribution >= 0.6 is 22.6 Å². The SMILES string of the molecule is CN1C(I)=[N+](C)[C@@H]2CCCC[C@@H]21. The molecule has 1 fully saturated rings. The van der Waals surface area contributed by atoms with Gasteiger partial charge in [-0.2, -0.15) is 0 Å². The Balaban J connectivity index is 2.23. The quantitative estimate of drug-likeness (QED) is 0.371. The second-order valence-corrected chi connectivity index (χ2v) is 4.87. The van der Waals surface area contributed by atoms with E-state index in [9.17, 15) is 0 Å². The van der Waals surface area contributed by atoms with Crippen molar-refractivity contribution in [2.45, 2.75) is 37.8 Å². The van der Waals surface area contributed by atoms with Gasteiger partial charge in [-0.05, 0) is 25.7 Å². The summed E-state index contributed by atoms with van der Waals surface area (Å²) in [6, 6.07) is 1.60. The Morgan fingerprint density at radius 2 is 2.08 bits per heavy atom. The smallest absolute Gasteiger partial charge is 0.253 e. The van der Waals surface area contributed by atoms with Gasteiger partial charge in [0.2, 0.25) is 0 Å². The summed E-state index contributed by atoms with van der Waals surface area (Å²) in [5.74, 6) is 0. The number of hydrogen-bond acceptors (Lipinski definition) is 1. The molecule has 2 atom stereocenters. The summed E-state index contributed by atoms with van der Waals surface area (Å²) in [6.45, 7) is 0. The highest BCUT2D eigenvalue weighted by Gasteiger charge is 2.43. The van der Waals surface area contributed by atoms with Crippen LogP contribution in [-0.2, 0) is 0 Å². The van der Waals surface area contributed by atoms with Crippen molar-refractivity contribution in [1.82, 2.24) is 4.90 Å². The van der Waals surface area contributed by atoms with E-state index in [0.717, 1.165) is 12.1 Å². The summed E-state index contributed by atoms with van der Waals surface area (Å²) in [5.41, 5.74) is 0. The molecule has 1 heterocycles. The third-order valence-electron chi connectivity index (χ3n) is 3.27. The highest BCUT2D eigenvalue weighted by molar-refractivity contribution is 14.1. The normalized spacial score (nSPS) is 35.8. The number of fused-ring (bicyclic) bond motifs is 1. The van der Waals surface area contributed by atoms with Gasteiger partial charge in [-0.25, -0.2) is 0 Å². The fraction of sp³-hybridized carbons (Fsp3) is 0.889. The first-order valence-electron chi connectivity index (χ1n) is 4.70. The number of hydrogen-bond donors (Lipinski definition) is 0. The minimum Gasteiger partial charge on any atom is -0.253 e. The first kappa shape index (κ1) is 8.78. The van der Waals surface area contributed by atoms with Gasteiger partial charge in [0.1, 0.15) is 12.1 Å². The molecule has 2 aliphatic rings. The Bertz CT molecular complexity index is 225. The van der Waals surface area contributed by atoms with E-state index in [0.29, 0.717) is 0 Å². The molecule has 68 valence electrons. The first-order valence-corrected chi connectivity index (χ1v) is 5.78. The maximum Gasteiger partial charge on any atom is 0.308 e. The van der Waals surface area contributed by atoms with Crippen molar-refractivity contribution >= 4 is 26.4 Å². The maximum absolute atomic E-state index is 2.46. The second kappa shape index (κ2) is 3.16. The lowest BCUT2D eigenvalue weighted by Crippen LogP contribution is -2.39. The molecule has 0 bridgehead atoms. The third kappa shape index (κ3) is 1.17. The molecule has 12 heavy (non-hydrogen) atoms. The number of amidine groups is 1. The van der Waals surface area contributed by atoms with Gasteiger partial charge in [-0.1, -0.05) is 0 Å². The molecule has 0 aromatic heterocycles. The van der Waals surface area contributed by atoms with Gasteiger partial charge in [0.15, 0.2) is 0 Å². The lowest BCUT2D eigenvalue weighted by Gasteiger charge is -2.24. The van der Waals surface area contributed by atoms with Gasteiger partial charge in [0.25, 0.3) is 0 Å². The zero-order valence-electron chi connectivity index (χ0n) is 7.76. The molecule has 0 spiro atoms. The molecule has 3 heteroatoms.